The van der Waals surface area contributed by atoms with E-state index in [1.807, 2.05) is 10.8 Å². The number of nitrogens with zero attached hydrogens (tertiary/aromatic N) is 4. The van der Waals surface area contributed by atoms with Crippen LogP contribution in [0.25, 0.3) is 11.2 Å². The first-order valence-corrected chi connectivity index (χ1v) is 15.1. The van der Waals surface area contributed by atoms with E-state index < -0.39 is 14.2 Å². The predicted octanol–water partition coefficient (Wildman–Crippen LogP) is 3.89. The highest BCUT2D eigenvalue weighted by molar-refractivity contribution is 6.76. The maximum atomic E-state index is 12.9. The number of carbonyl (C=O) groups is 2. The third-order valence-corrected chi connectivity index (χ3v) is 7.83. The maximum absolute atomic E-state index is 12.9. The number of Topliss-reactive ketones (excluding diaryl/α,β-unsaturated/α-hetero) is 1. The Morgan fingerprint density at radius 1 is 1.22 bits per heavy atom. The van der Waals surface area contributed by atoms with Crippen molar-refractivity contribution in [2.75, 3.05) is 25.0 Å². The molecular weight excluding hydrogens is 426 g/mol. The standard InChI is InChI=1S/C22H33N5O4Si/c1-32(2,3)11-10-31-14-27-13-17(20(28)15-4-5-15)19-21(27)23-12-18(25-19)24-16-6-8-26(9-7-16)22(29)30/h12-13,15-16H,4-11,14H2,1-3H3,(H,24,25)(H,29,30). The fraction of sp³-hybridized carbons (Fsp3) is 0.636. The summed E-state index contributed by atoms with van der Waals surface area (Å²) in [5, 5.41) is 12.5. The summed E-state index contributed by atoms with van der Waals surface area (Å²) >= 11 is 0. The number of carboxylic acid groups (broad SMARTS) is 1. The summed E-state index contributed by atoms with van der Waals surface area (Å²) in [5.41, 5.74) is 1.89. The molecule has 4 rings (SSSR count). The number of ketones is 1. The number of carbonyl (C=O) groups excluding carboxylic acids is 1. The van der Waals surface area contributed by atoms with Crippen molar-refractivity contribution in [2.24, 2.45) is 5.92 Å². The lowest BCUT2D eigenvalue weighted by Crippen LogP contribution is -2.41. The van der Waals surface area contributed by atoms with Crippen LogP contribution in [0.3, 0.4) is 0 Å². The monoisotopic (exact) mass is 459 g/mol. The molecule has 2 aromatic rings. The van der Waals surface area contributed by atoms with E-state index in [0.29, 0.717) is 61.8 Å². The van der Waals surface area contributed by atoms with E-state index in [2.05, 4.69) is 29.9 Å². The number of hydrogen-bond donors (Lipinski definition) is 2. The Bertz CT molecular complexity index is 990. The Hall–Kier alpha value is -2.46. The average molecular weight is 460 g/mol. The highest BCUT2D eigenvalue weighted by Gasteiger charge is 2.33. The number of hydrogen-bond acceptors (Lipinski definition) is 6. The van der Waals surface area contributed by atoms with Crippen LogP contribution < -0.4 is 5.32 Å². The molecule has 2 aliphatic rings. The van der Waals surface area contributed by atoms with Crippen molar-refractivity contribution in [1.29, 1.82) is 0 Å². The van der Waals surface area contributed by atoms with Gasteiger partial charge >= 0.3 is 6.09 Å². The van der Waals surface area contributed by atoms with E-state index in [1.165, 1.54) is 4.90 Å². The Morgan fingerprint density at radius 3 is 2.56 bits per heavy atom. The summed E-state index contributed by atoms with van der Waals surface area (Å²) in [4.78, 5) is 34.8. The SMILES string of the molecule is C[Si](C)(C)CCOCn1cc(C(=O)C2CC2)c2nc(NC3CCN(C(=O)O)CC3)cnc21. The van der Waals surface area contributed by atoms with Gasteiger partial charge in [0.1, 0.15) is 18.1 Å². The molecule has 0 atom stereocenters. The van der Waals surface area contributed by atoms with Crippen molar-refractivity contribution >= 4 is 36.9 Å². The van der Waals surface area contributed by atoms with E-state index in [1.54, 1.807) is 6.20 Å². The van der Waals surface area contributed by atoms with Gasteiger partial charge in [0.05, 0.1) is 11.8 Å². The molecule has 1 aliphatic heterocycles. The van der Waals surface area contributed by atoms with Gasteiger partial charge < -0.3 is 24.6 Å². The zero-order chi connectivity index (χ0) is 22.9. The molecule has 1 aliphatic carbocycles. The fourth-order valence-corrected chi connectivity index (χ4v) is 4.69. The Kier molecular flexibility index (Phi) is 6.52. The Balaban J connectivity index is 1.50. The molecule has 2 fully saturated rings. The van der Waals surface area contributed by atoms with Gasteiger partial charge in [-0.15, -0.1) is 0 Å². The van der Waals surface area contributed by atoms with Gasteiger partial charge in [-0.1, -0.05) is 19.6 Å². The van der Waals surface area contributed by atoms with Crippen LogP contribution in [-0.2, 0) is 11.5 Å². The van der Waals surface area contributed by atoms with E-state index in [9.17, 15) is 9.59 Å². The molecule has 32 heavy (non-hydrogen) atoms. The number of fused-ring (bicyclic) bond motifs is 1. The zero-order valence-corrected chi connectivity index (χ0v) is 20.1. The molecule has 1 saturated heterocycles. The number of nitrogens with one attached hydrogen (secondary N) is 1. The van der Waals surface area contributed by atoms with E-state index in [0.717, 1.165) is 18.9 Å². The van der Waals surface area contributed by atoms with Crippen LogP contribution in [0, 0.1) is 5.92 Å². The molecule has 0 bridgehead atoms. The number of ether oxygens (including phenoxy) is 1. The predicted molar refractivity (Wildman–Crippen MR) is 125 cm³/mol. The topological polar surface area (TPSA) is 110 Å². The van der Waals surface area contributed by atoms with Gasteiger partial charge in [0.25, 0.3) is 0 Å². The first-order chi connectivity index (χ1) is 15.2. The van der Waals surface area contributed by atoms with Crippen molar-refractivity contribution in [3.8, 4) is 0 Å². The van der Waals surface area contributed by atoms with Gasteiger partial charge in [-0.3, -0.25) is 4.79 Å². The normalized spacial score (nSPS) is 17.7. The molecule has 174 valence electrons. The van der Waals surface area contributed by atoms with E-state index >= 15 is 0 Å². The number of amides is 1. The first-order valence-electron chi connectivity index (χ1n) is 11.4. The number of anilines is 1. The van der Waals surface area contributed by atoms with Crippen molar-refractivity contribution in [1.82, 2.24) is 19.4 Å². The third kappa shape index (κ3) is 5.47. The van der Waals surface area contributed by atoms with E-state index in [-0.39, 0.29) is 17.7 Å². The zero-order valence-electron chi connectivity index (χ0n) is 19.1. The first kappa shape index (κ1) is 22.7. The van der Waals surface area contributed by atoms with Gasteiger partial charge in [-0.2, -0.15) is 0 Å². The largest absolute Gasteiger partial charge is 0.465 e. The molecule has 2 N–H and O–H groups in total. The second-order valence-corrected chi connectivity index (χ2v) is 15.7. The van der Waals surface area contributed by atoms with Crippen molar-refractivity contribution in [3.63, 3.8) is 0 Å². The molecular formula is C22H33N5O4Si. The minimum absolute atomic E-state index is 0.0978. The van der Waals surface area contributed by atoms with E-state index in [4.69, 9.17) is 14.8 Å². The third-order valence-electron chi connectivity index (χ3n) is 6.12. The molecule has 10 heteroatoms. The quantitative estimate of drug-likeness (QED) is 0.332. The van der Waals surface area contributed by atoms with Gasteiger partial charge in [0.2, 0.25) is 0 Å². The Morgan fingerprint density at radius 2 is 1.94 bits per heavy atom. The number of rotatable bonds is 9. The second-order valence-electron chi connectivity index (χ2n) is 10.1. The van der Waals surface area contributed by atoms with Crippen molar-refractivity contribution in [2.45, 2.75) is 64.1 Å². The molecule has 9 nitrogen and oxygen atoms in total. The lowest BCUT2D eigenvalue weighted by atomic mass is 10.1. The summed E-state index contributed by atoms with van der Waals surface area (Å²) in [6.45, 7) is 9.01. The average Bonchev–Trinajstić information content (AvgIpc) is 3.53. The number of aromatic nitrogens is 3. The van der Waals surface area contributed by atoms with Crippen LogP contribution >= 0.6 is 0 Å². The molecule has 3 heterocycles. The van der Waals surface area contributed by atoms with Crippen LogP contribution in [0.5, 0.6) is 0 Å². The van der Waals surface area contributed by atoms with Crippen molar-refractivity contribution in [3.05, 3.63) is 18.0 Å². The van der Waals surface area contributed by atoms with Gasteiger partial charge in [-0.05, 0) is 31.7 Å². The summed E-state index contributed by atoms with van der Waals surface area (Å²) in [7, 11) is -1.17. The fourth-order valence-electron chi connectivity index (χ4n) is 3.93. The lowest BCUT2D eigenvalue weighted by Gasteiger charge is -2.30. The molecule has 0 unspecified atom stereocenters. The van der Waals surface area contributed by atoms with Gasteiger partial charge in [0.15, 0.2) is 11.4 Å². The maximum Gasteiger partial charge on any atom is 0.407 e. The molecule has 0 radical (unpaired) electrons. The van der Waals surface area contributed by atoms with Crippen LogP contribution in [-0.4, -0.2) is 70.2 Å². The van der Waals surface area contributed by atoms with Gasteiger partial charge in [0, 0.05) is 45.9 Å². The summed E-state index contributed by atoms with van der Waals surface area (Å²) in [5.74, 6) is 0.853. The summed E-state index contributed by atoms with van der Waals surface area (Å²) in [6.07, 6.45) is 5.96. The van der Waals surface area contributed by atoms with Crippen LogP contribution in [0.4, 0.5) is 10.6 Å². The second kappa shape index (κ2) is 9.19. The summed E-state index contributed by atoms with van der Waals surface area (Å²) in [6, 6.07) is 1.22. The van der Waals surface area contributed by atoms with Crippen molar-refractivity contribution < 1.29 is 19.4 Å². The smallest absolute Gasteiger partial charge is 0.407 e. The Labute approximate surface area is 189 Å². The number of likely N-dealkylation sites (tertiary alicyclic amines) is 1. The molecule has 1 saturated carbocycles. The lowest BCUT2D eigenvalue weighted by molar-refractivity contribution is 0.0893. The highest BCUT2D eigenvalue weighted by Crippen LogP contribution is 2.35. The van der Waals surface area contributed by atoms with Crippen LogP contribution in [0.15, 0.2) is 12.4 Å². The van der Waals surface area contributed by atoms with Crippen LogP contribution in [0.2, 0.25) is 25.7 Å². The van der Waals surface area contributed by atoms with Crippen LogP contribution in [0.1, 0.15) is 36.0 Å². The minimum atomic E-state index is -1.17. The molecule has 1 amide bonds. The molecule has 0 aromatic carbocycles. The number of piperidine rings is 1. The minimum Gasteiger partial charge on any atom is -0.465 e. The molecule has 2 aromatic heterocycles. The van der Waals surface area contributed by atoms with Gasteiger partial charge in [-0.25, -0.2) is 14.8 Å². The summed E-state index contributed by atoms with van der Waals surface area (Å²) < 4.78 is 7.79. The highest BCUT2D eigenvalue weighted by atomic mass is 28.3. The molecule has 0 spiro atoms.